The maximum atomic E-state index is 11.8. The SMILES string of the molecule is Cc1ccc(C(=O)CNCC(F)(F)F)cc1Cl. The van der Waals surface area contributed by atoms with E-state index in [4.69, 9.17) is 11.6 Å². The summed E-state index contributed by atoms with van der Waals surface area (Å²) in [4.78, 5) is 11.5. The molecule has 0 aliphatic rings. The van der Waals surface area contributed by atoms with Gasteiger partial charge in [-0.1, -0.05) is 23.7 Å². The fourth-order valence-corrected chi connectivity index (χ4v) is 1.37. The summed E-state index contributed by atoms with van der Waals surface area (Å²) < 4.78 is 35.5. The van der Waals surface area contributed by atoms with Gasteiger partial charge in [-0.2, -0.15) is 13.2 Å². The van der Waals surface area contributed by atoms with Crippen molar-refractivity contribution in [3.05, 3.63) is 34.3 Å². The highest BCUT2D eigenvalue weighted by atomic mass is 35.5. The number of aryl methyl sites for hydroxylation is 1. The van der Waals surface area contributed by atoms with Crippen molar-refractivity contribution < 1.29 is 18.0 Å². The van der Waals surface area contributed by atoms with Crippen LogP contribution in [0.15, 0.2) is 18.2 Å². The molecule has 0 aliphatic carbocycles. The molecule has 94 valence electrons. The number of rotatable bonds is 4. The molecule has 0 bridgehead atoms. The highest BCUT2D eigenvalue weighted by molar-refractivity contribution is 6.31. The fourth-order valence-electron chi connectivity index (χ4n) is 1.19. The van der Waals surface area contributed by atoms with Gasteiger partial charge >= 0.3 is 6.18 Å². The van der Waals surface area contributed by atoms with Crippen molar-refractivity contribution in [3.63, 3.8) is 0 Å². The minimum Gasteiger partial charge on any atom is -0.302 e. The van der Waals surface area contributed by atoms with Crippen LogP contribution in [0.3, 0.4) is 0 Å². The molecule has 0 amide bonds. The lowest BCUT2D eigenvalue weighted by molar-refractivity contribution is -0.124. The zero-order chi connectivity index (χ0) is 13.1. The molecule has 0 heterocycles. The van der Waals surface area contributed by atoms with Gasteiger partial charge < -0.3 is 5.32 Å². The molecule has 0 aliphatic heterocycles. The molecule has 0 aromatic heterocycles. The third-order valence-corrected chi connectivity index (χ3v) is 2.51. The molecule has 17 heavy (non-hydrogen) atoms. The number of hydrogen-bond donors (Lipinski definition) is 1. The summed E-state index contributed by atoms with van der Waals surface area (Å²) in [6.07, 6.45) is -4.31. The predicted molar refractivity (Wildman–Crippen MR) is 59.4 cm³/mol. The quantitative estimate of drug-likeness (QED) is 0.848. The first-order valence-electron chi connectivity index (χ1n) is 4.86. The van der Waals surface area contributed by atoms with E-state index in [1.165, 1.54) is 6.07 Å². The van der Waals surface area contributed by atoms with E-state index >= 15 is 0 Å². The summed E-state index contributed by atoms with van der Waals surface area (Å²) in [5, 5.41) is 2.46. The average Bonchev–Trinajstić information content (AvgIpc) is 2.20. The molecule has 0 spiro atoms. The van der Waals surface area contributed by atoms with E-state index in [0.717, 1.165) is 5.56 Å². The number of carbonyl (C=O) groups is 1. The number of alkyl halides is 3. The second-order valence-corrected chi connectivity index (χ2v) is 4.01. The first-order chi connectivity index (χ1) is 7.79. The molecule has 1 rings (SSSR count). The maximum Gasteiger partial charge on any atom is 0.401 e. The molecule has 0 unspecified atom stereocenters. The summed E-state index contributed by atoms with van der Waals surface area (Å²) in [6.45, 7) is 0.232. The van der Waals surface area contributed by atoms with Gasteiger partial charge in [0.2, 0.25) is 0 Å². The average molecular weight is 266 g/mol. The van der Waals surface area contributed by atoms with Crippen LogP contribution in [0, 0.1) is 6.92 Å². The van der Waals surface area contributed by atoms with E-state index in [0.29, 0.717) is 10.6 Å². The zero-order valence-electron chi connectivity index (χ0n) is 9.07. The number of ketones is 1. The van der Waals surface area contributed by atoms with Crippen LogP contribution in [0.5, 0.6) is 0 Å². The molecule has 0 saturated heterocycles. The Labute approximate surface area is 102 Å². The van der Waals surface area contributed by atoms with Crippen LogP contribution in [0.1, 0.15) is 15.9 Å². The second kappa shape index (κ2) is 5.51. The summed E-state index contributed by atoms with van der Waals surface area (Å²) in [6, 6.07) is 4.65. The minimum atomic E-state index is -4.31. The van der Waals surface area contributed by atoms with E-state index in [2.05, 4.69) is 0 Å². The summed E-state index contributed by atoms with van der Waals surface area (Å²) >= 11 is 5.81. The van der Waals surface area contributed by atoms with E-state index in [9.17, 15) is 18.0 Å². The van der Waals surface area contributed by atoms with Gasteiger partial charge in [-0.05, 0) is 18.6 Å². The van der Waals surface area contributed by atoms with Crippen LogP contribution in [0.4, 0.5) is 13.2 Å². The minimum absolute atomic E-state index is 0.301. The molecule has 1 aromatic rings. The second-order valence-electron chi connectivity index (χ2n) is 3.61. The lowest BCUT2D eigenvalue weighted by atomic mass is 10.1. The molecule has 0 atom stereocenters. The predicted octanol–water partition coefficient (Wildman–Crippen LogP) is 2.98. The Hall–Kier alpha value is -1.07. The largest absolute Gasteiger partial charge is 0.401 e. The van der Waals surface area contributed by atoms with Gasteiger partial charge in [-0.25, -0.2) is 0 Å². The van der Waals surface area contributed by atoms with Gasteiger partial charge in [0.15, 0.2) is 5.78 Å². The highest BCUT2D eigenvalue weighted by Gasteiger charge is 2.26. The number of nitrogens with one attached hydrogen (secondary N) is 1. The summed E-state index contributed by atoms with van der Waals surface area (Å²) in [7, 11) is 0. The molecule has 0 saturated carbocycles. The van der Waals surface area contributed by atoms with Crippen molar-refractivity contribution in [2.45, 2.75) is 13.1 Å². The molecule has 1 aromatic carbocycles. The lowest BCUT2D eigenvalue weighted by Gasteiger charge is -2.08. The number of Topliss-reactive ketones (excluding diaryl/α,β-unsaturated/α-hetero) is 1. The first kappa shape index (κ1) is 14.0. The van der Waals surface area contributed by atoms with Crippen molar-refractivity contribution in [2.75, 3.05) is 13.1 Å². The topological polar surface area (TPSA) is 29.1 Å². The first-order valence-corrected chi connectivity index (χ1v) is 5.24. The smallest absolute Gasteiger partial charge is 0.302 e. The highest BCUT2D eigenvalue weighted by Crippen LogP contribution is 2.17. The van der Waals surface area contributed by atoms with Crippen molar-refractivity contribution in [1.82, 2.24) is 5.32 Å². The Morgan fingerprint density at radius 2 is 2.06 bits per heavy atom. The Morgan fingerprint density at radius 3 is 2.59 bits per heavy atom. The monoisotopic (exact) mass is 265 g/mol. The molecule has 1 N–H and O–H groups in total. The van der Waals surface area contributed by atoms with Gasteiger partial charge in [0.1, 0.15) is 0 Å². The van der Waals surface area contributed by atoms with Crippen LogP contribution >= 0.6 is 11.6 Å². The molecule has 0 radical (unpaired) electrons. The van der Waals surface area contributed by atoms with Crippen molar-refractivity contribution >= 4 is 17.4 Å². The van der Waals surface area contributed by atoms with Gasteiger partial charge in [0.05, 0.1) is 13.1 Å². The van der Waals surface area contributed by atoms with Crippen LogP contribution in [-0.2, 0) is 0 Å². The Kier molecular flexibility index (Phi) is 4.54. The van der Waals surface area contributed by atoms with E-state index in [1.807, 2.05) is 5.32 Å². The number of hydrogen-bond acceptors (Lipinski definition) is 2. The van der Waals surface area contributed by atoms with Gasteiger partial charge in [0, 0.05) is 10.6 Å². The number of benzene rings is 1. The van der Waals surface area contributed by atoms with Gasteiger partial charge in [-0.3, -0.25) is 4.79 Å². The van der Waals surface area contributed by atoms with E-state index < -0.39 is 18.5 Å². The van der Waals surface area contributed by atoms with Gasteiger partial charge in [0.25, 0.3) is 0 Å². The van der Waals surface area contributed by atoms with Crippen LogP contribution in [0.2, 0.25) is 5.02 Å². The number of carbonyl (C=O) groups excluding carboxylic acids is 1. The third kappa shape index (κ3) is 4.75. The van der Waals surface area contributed by atoms with Crippen LogP contribution in [0.25, 0.3) is 0 Å². The van der Waals surface area contributed by atoms with E-state index in [-0.39, 0.29) is 6.54 Å². The summed E-state index contributed by atoms with van der Waals surface area (Å²) in [5.41, 5.74) is 1.11. The molecule has 2 nitrogen and oxygen atoms in total. The lowest BCUT2D eigenvalue weighted by Crippen LogP contribution is -2.32. The molecule has 6 heteroatoms. The number of halogens is 4. The maximum absolute atomic E-state index is 11.8. The Bertz CT molecular complexity index is 418. The van der Waals surface area contributed by atoms with Crippen molar-refractivity contribution in [1.29, 1.82) is 0 Å². The molecular formula is C11H11ClF3NO. The van der Waals surface area contributed by atoms with Crippen molar-refractivity contribution in [2.24, 2.45) is 0 Å². The molecular weight excluding hydrogens is 255 g/mol. The van der Waals surface area contributed by atoms with Crippen LogP contribution < -0.4 is 5.32 Å². The van der Waals surface area contributed by atoms with Crippen LogP contribution in [-0.4, -0.2) is 25.0 Å². The normalized spacial score (nSPS) is 11.6. The van der Waals surface area contributed by atoms with Gasteiger partial charge in [-0.15, -0.1) is 0 Å². The van der Waals surface area contributed by atoms with E-state index in [1.54, 1.807) is 19.1 Å². The molecule has 0 fully saturated rings. The zero-order valence-corrected chi connectivity index (χ0v) is 9.82. The summed E-state index contributed by atoms with van der Waals surface area (Å²) in [5.74, 6) is -0.420. The fraction of sp³-hybridized carbons (Fsp3) is 0.364. The Balaban J connectivity index is 2.56. The standard InChI is InChI=1S/C11H11ClF3NO/c1-7-2-3-8(4-9(7)12)10(17)5-16-6-11(13,14)15/h2-4,16H,5-6H2,1H3. The van der Waals surface area contributed by atoms with Crippen molar-refractivity contribution in [3.8, 4) is 0 Å². The third-order valence-electron chi connectivity index (χ3n) is 2.10. The Morgan fingerprint density at radius 1 is 1.41 bits per heavy atom.